The molecule has 1 N–H and O–H groups in total. The number of benzene rings is 1. The van der Waals surface area contributed by atoms with Crippen LogP contribution < -0.4 is 4.74 Å². The van der Waals surface area contributed by atoms with Crippen molar-refractivity contribution in [2.45, 2.75) is 51.1 Å². The molecule has 0 radical (unpaired) electrons. The topological polar surface area (TPSA) is 66.8 Å². The van der Waals surface area contributed by atoms with Crippen LogP contribution in [0.5, 0.6) is 5.75 Å². The van der Waals surface area contributed by atoms with Crippen LogP contribution in [0.1, 0.15) is 39.0 Å². The van der Waals surface area contributed by atoms with E-state index >= 15 is 0 Å². The highest BCUT2D eigenvalue weighted by Gasteiger charge is 2.37. The molecule has 6 heteroatoms. The van der Waals surface area contributed by atoms with Crippen LogP contribution >= 0.6 is 15.9 Å². The molecular formula is C17H22BrNO4. The Morgan fingerprint density at radius 3 is 2.52 bits per heavy atom. The molecule has 1 fully saturated rings. The molecule has 1 aliphatic rings. The van der Waals surface area contributed by atoms with E-state index < -0.39 is 12.0 Å². The van der Waals surface area contributed by atoms with Crippen molar-refractivity contribution in [3.63, 3.8) is 0 Å². The van der Waals surface area contributed by atoms with Gasteiger partial charge in [0, 0.05) is 16.9 Å². The van der Waals surface area contributed by atoms with Crippen molar-refractivity contribution in [3.8, 4) is 5.75 Å². The zero-order valence-corrected chi connectivity index (χ0v) is 14.8. The normalized spacial score (nSPS) is 15.0. The van der Waals surface area contributed by atoms with E-state index in [4.69, 9.17) is 9.84 Å². The van der Waals surface area contributed by atoms with Gasteiger partial charge < -0.3 is 14.7 Å². The summed E-state index contributed by atoms with van der Waals surface area (Å²) >= 11 is 3.37. The Balaban J connectivity index is 1.69. The van der Waals surface area contributed by atoms with Gasteiger partial charge in [-0.05, 0) is 56.9 Å². The van der Waals surface area contributed by atoms with Crippen LogP contribution in [0, 0.1) is 0 Å². The highest BCUT2D eigenvalue weighted by molar-refractivity contribution is 9.10. The monoisotopic (exact) mass is 383 g/mol. The summed E-state index contributed by atoms with van der Waals surface area (Å²) in [4.78, 5) is 24.9. The van der Waals surface area contributed by atoms with Gasteiger partial charge in [0.25, 0.3) is 0 Å². The minimum absolute atomic E-state index is 0.0639. The second-order valence-electron chi connectivity index (χ2n) is 5.81. The number of unbranched alkanes of at least 4 members (excludes halogenated alkanes) is 1. The Bertz CT molecular complexity index is 542. The van der Waals surface area contributed by atoms with Gasteiger partial charge in [0.05, 0.1) is 6.61 Å². The van der Waals surface area contributed by atoms with Crippen LogP contribution in [0.25, 0.3) is 0 Å². The molecule has 0 bridgehead atoms. The number of carboxylic acid groups (broad SMARTS) is 1. The molecular weight excluding hydrogens is 362 g/mol. The predicted molar refractivity (Wildman–Crippen MR) is 90.5 cm³/mol. The molecule has 2 rings (SSSR count). The molecule has 0 aliphatic heterocycles. The molecule has 1 atom stereocenters. The fourth-order valence-corrected chi connectivity index (χ4v) is 2.70. The molecule has 0 aromatic heterocycles. The van der Waals surface area contributed by atoms with E-state index in [1.807, 2.05) is 24.3 Å². The highest BCUT2D eigenvalue weighted by atomic mass is 79.9. The van der Waals surface area contributed by atoms with E-state index in [-0.39, 0.29) is 11.9 Å². The van der Waals surface area contributed by atoms with E-state index in [1.165, 1.54) is 4.90 Å². The Morgan fingerprint density at radius 1 is 1.30 bits per heavy atom. The molecule has 0 spiro atoms. The lowest BCUT2D eigenvalue weighted by atomic mass is 10.2. The van der Waals surface area contributed by atoms with Crippen LogP contribution in [0.2, 0.25) is 0 Å². The molecule has 0 saturated heterocycles. The van der Waals surface area contributed by atoms with E-state index in [9.17, 15) is 9.59 Å². The third kappa shape index (κ3) is 5.53. The molecule has 126 valence electrons. The summed E-state index contributed by atoms with van der Waals surface area (Å²) in [6.07, 6.45) is 3.66. The maximum Gasteiger partial charge on any atom is 0.326 e. The number of amides is 1. The largest absolute Gasteiger partial charge is 0.494 e. The quantitative estimate of drug-likeness (QED) is 0.663. The van der Waals surface area contributed by atoms with Gasteiger partial charge in [0.15, 0.2) is 0 Å². The summed E-state index contributed by atoms with van der Waals surface area (Å²) in [7, 11) is 0. The van der Waals surface area contributed by atoms with Gasteiger partial charge in [-0.3, -0.25) is 4.79 Å². The van der Waals surface area contributed by atoms with Gasteiger partial charge in [0.2, 0.25) is 5.91 Å². The molecule has 0 heterocycles. The first-order chi connectivity index (χ1) is 11.0. The molecule has 1 aromatic carbocycles. The molecule has 1 aromatic rings. The van der Waals surface area contributed by atoms with Crippen molar-refractivity contribution in [2.75, 3.05) is 6.61 Å². The fraction of sp³-hybridized carbons (Fsp3) is 0.529. The van der Waals surface area contributed by atoms with E-state index in [2.05, 4.69) is 15.9 Å². The number of nitrogens with zero attached hydrogens (tertiary/aromatic N) is 1. The van der Waals surface area contributed by atoms with E-state index in [0.717, 1.165) is 29.5 Å². The molecule has 23 heavy (non-hydrogen) atoms. The van der Waals surface area contributed by atoms with Crippen molar-refractivity contribution in [1.82, 2.24) is 4.90 Å². The first kappa shape index (κ1) is 17.8. The van der Waals surface area contributed by atoms with Gasteiger partial charge in [-0.25, -0.2) is 4.79 Å². The summed E-state index contributed by atoms with van der Waals surface area (Å²) in [5, 5.41) is 9.12. The van der Waals surface area contributed by atoms with Crippen molar-refractivity contribution in [1.29, 1.82) is 0 Å². The maximum absolute atomic E-state index is 12.3. The molecule has 1 aliphatic carbocycles. The van der Waals surface area contributed by atoms with Crippen molar-refractivity contribution in [3.05, 3.63) is 28.7 Å². The van der Waals surface area contributed by atoms with E-state index in [1.54, 1.807) is 6.92 Å². The molecule has 1 unspecified atom stereocenters. The number of carbonyl (C=O) groups excluding carboxylic acids is 1. The smallest absolute Gasteiger partial charge is 0.326 e. The number of aliphatic carboxylic acids is 1. The van der Waals surface area contributed by atoms with Gasteiger partial charge >= 0.3 is 5.97 Å². The third-order valence-corrected chi connectivity index (χ3v) is 4.40. The predicted octanol–water partition coefficient (Wildman–Crippen LogP) is 3.46. The lowest BCUT2D eigenvalue weighted by molar-refractivity contribution is -0.150. The van der Waals surface area contributed by atoms with Crippen LogP contribution in [-0.2, 0) is 9.59 Å². The van der Waals surface area contributed by atoms with Crippen molar-refractivity contribution >= 4 is 27.8 Å². The van der Waals surface area contributed by atoms with Crippen LogP contribution in [-0.4, -0.2) is 40.6 Å². The number of halogens is 1. The Labute approximate surface area is 144 Å². The summed E-state index contributed by atoms with van der Waals surface area (Å²) < 4.78 is 6.61. The van der Waals surface area contributed by atoms with Crippen molar-refractivity contribution < 1.29 is 19.4 Å². The molecule has 1 saturated carbocycles. The molecule has 5 nitrogen and oxygen atoms in total. The average molecular weight is 384 g/mol. The highest BCUT2D eigenvalue weighted by Crippen LogP contribution is 2.29. The number of hydrogen-bond acceptors (Lipinski definition) is 3. The first-order valence-corrected chi connectivity index (χ1v) is 8.70. The zero-order valence-electron chi connectivity index (χ0n) is 13.2. The Kier molecular flexibility index (Phi) is 6.45. The van der Waals surface area contributed by atoms with Gasteiger partial charge in [0.1, 0.15) is 11.8 Å². The Morgan fingerprint density at radius 2 is 1.96 bits per heavy atom. The van der Waals surface area contributed by atoms with Crippen LogP contribution in [0.15, 0.2) is 28.7 Å². The number of rotatable bonds is 9. The average Bonchev–Trinajstić information content (AvgIpc) is 3.33. The second-order valence-corrected chi connectivity index (χ2v) is 6.72. The second kappa shape index (κ2) is 8.34. The summed E-state index contributed by atoms with van der Waals surface area (Å²) in [6, 6.07) is 6.98. The Hall–Kier alpha value is -1.56. The summed E-state index contributed by atoms with van der Waals surface area (Å²) in [5.74, 6) is -0.200. The SMILES string of the molecule is CC(C(=O)O)N(C(=O)CCCCOc1ccc(Br)cc1)C1CC1. The van der Waals surface area contributed by atoms with Crippen LogP contribution in [0.4, 0.5) is 0 Å². The molecule has 1 amide bonds. The van der Waals surface area contributed by atoms with Crippen LogP contribution in [0.3, 0.4) is 0 Å². The number of hydrogen-bond donors (Lipinski definition) is 1. The third-order valence-electron chi connectivity index (χ3n) is 3.87. The lowest BCUT2D eigenvalue weighted by Gasteiger charge is -2.26. The summed E-state index contributed by atoms with van der Waals surface area (Å²) in [5.41, 5.74) is 0. The number of carboxylic acids is 1. The first-order valence-electron chi connectivity index (χ1n) is 7.91. The zero-order chi connectivity index (χ0) is 16.8. The van der Waals surface area contributed by atoms with Gasteiger partial charge in [-0.15, -0.1) is 0 Å². The number of ether oxygens (including phenoxy) is 1. The van der Waals surface area contributed by atoms with E-state index in [0.29, 0.717) is 19.4 Å². The minimum Gasteiger partial charge on any atom is -0.494 e. The number of carbonyl (C=O) groups is 2. The lowest BCUT2D eigenvalue weighted by Crippen LogP contribution is -2.44. The standard InChI is InChI=1S/C17H22BrNO4/c1-12(17(21)22)19(14-7-8-14)16(20)4-2-3-11-23-15-9-5-13(18)6-10-15/h5-6,9-10,12,14H,2-4,7-8,11H2,1H3,(H,21,22). The van der Waals surface area contributed by atoms with Gasteiger partial charge in [-0.2, -0.15) is 0 Å². The minimum atomic E-state index is -0.941. The summed E-state index contributed by atoms with van der Waals surface area (Å²) in [6.45, 7) is 2.13. The van der Waals surface area contributed by atoms with Crippen molar-refractivity contribution in [2.24, 2.45) is 0 Å². The fourth-order valence-electron chi connectivity index (χ4n) is 2.44. The van der Waals surface area contributed by atoms with Gasteiger partial charge in [-0.1, -0.05) is 15.9 Å². The maximum atomic E-state index is 12.3.